The second-order valence-corrected chi connectivity index (χ2v) is 8.39. The van der Waals surface area contributed by atoms with E-state index in [1.165, 1.54) is 18.9 Å². The molecular weight excluding hydrogens is 434 g/mol. The fourth-order valence-corrected chi connectivity index (χ4v) is 4.56. The summed E-state index contributed by atoms with van der Waals surface area (Å²) in [6.07, 6.45) is 0.159. The molecular formula is C22H23N3O6S. The van der Waals surface area contributed by atoms with Crippen LogP contribution >= 0.6 is 11.8 Å². The number of carbonyl (C=O) groups excluding carboxylic acids is 3. The van der Waals surface area contributed by atoms with Gasteiger partial charge in [0.15, 0.2) is 11.5 Å². The van der Waals surface area contributed by atoms with Crippen LogP contribution in [0, 0.1) is 0 Å². The van der Waals surface area contributed by atoms with Gasteiger partial charge in [-0.15, -0.1) is 11.8 Å². The molecule has 4 rings (SSSR count). The molecule has 0 saturated carbocycles. The first-order valence-electron chi connectivity index (χ1n) is 10.0. The highest BCUT2D eigenvalue weighted by Gasteiger charge is 2.32. The molecule has 9 nitrogen and oxygen atoms in total. The van der Waals surface area contributed by atoms with Gasteiger partial charge in [0, 0.05) is 29.7 Å². The molecule has 0 saturated heterocycles. The quantitative estimate of drug-likeness (QED) is 0.649. The standard InChI is InChI=1S/C22H23N3O6S/c1-29-7-6-20(26)24-15-11-32-19-5-3-14(21(23)27)9-16(19)25(22(15)28)10-13-2-4-17-18(8-13)31-12-30-17/h2-5,8-9,15H,6-7,10-12H2,1H3,(H2,23,27)(H,24,26)/t15-/m0/s1. The summed E-state index contributed by atoms with van der Waals surface area (Å²) in [5.74, 6) is 0.486. The van der Waals surface area contributed by atoms with E-state index in [4.69, 9.17) is 19.9 Å². The summed E-state index contributed by atoms with van der Waals surface area (Å²) >= 11 is 1.44. The number of nitrogens with zero attached hydrogens (tertiary/aromatic N) is 1. The van der Waals surface area contributed by atoms with Crippen molar-refractivity contribution < 1.29 is 28.6 Å². The molecule has 0 unspecified atom stereocenters. The lowest BCUT2D eigenvalue weighted by Crippen LogP contribution is -2.49. The number of primary amides is 1. The van der Waals surface area contributed by atoms with E-state index in [0.29, 0.717) is 28.5 Å². The molecule has 0 aliphatic carbocycles. The summed E-state index contributed by atoms with van der Waals surface area (Å²) in [6, 6.07) is 9.75. The lowest BCUT2D eigenvalue weighted by Gasteiger charge is -2.26. The Morgan fingerprint density at radius 2 is 2.03 bits per heavy atom. The number of nitrogens with two attached hydrogens (primary N) is 1. The van der Waals surface area contributed by atoms with Crippen LogP contribution in [-0.2, 0) is 20.9 Å². The zero-order valence-electron chi connectivity index (χ0n) is 17.5. The Morgan fingerprint density at radius 1 is 1.22 bits per heavy atom. The number of hydrogen-bond donors (Lipinski definition) is 2. The molecule has 0 fully saturated rings. The third kappa shape index (κ3) is 4.66. The molecule has 3 amide bonds. The maximum atomic E-state index is 13.5. The van der Waals surface area contributed by atoms with E-state index >= 15 is 0 Å². The normalized spacial score (nSPS) is 17.0. The summed E-state index contributed by atoms with van der Waals surface area (Å²) in [5, 5.41) is 2.81. The van der Waals surface area contributed by atoms with Gasteiger partial charge in [0.25, 0.3) is 5.91 Å². The van der Waals surface area contributed by atoms with Crippen molar-refractivity contribution in [2.75, 3.05) is 31.2 Å². The van der Waals surface area contributed by atoms with Crippen LogP contribution in [-0.4, -0.2) is 50.0 Å². The zero-order valence-corrected chi connectivity index (χ0v) is 18.3. The highest BCUT2D eigenvalue weighted by molar-refractivity contribution is 7.99. The Bertz CT molecular complexity index is 1060. The van der Waals surface area contributed by atoms with Crippen LogP contribution in [0.3, 0.4) is 0 Å². The Labute approximate surface area is 189 Å². The number of nitrogens with one attached hydrogen (secondary N) is 1. The predicted molar refractivity (Wildman–Crippen MR) is 118 cm³/mol. The molecule has 2 aromatic rings. The van der Waals surface area contributed by atoms with Crippen LogP contribution in [0.5, 0.6) is 11.5 Å². The maximum Gasteiger partial charge on any atom is 0.250 e. The number of hydrogen-bond acceptors (Lipinski definition) is 7. The van der Waals surface area contributed by atoms with Crippen molar-refractivity contribution in [2.45, 2.75) is 23.9 Å². The summed E-state index contributed by atoms with van der Waals surface area (Å²) < 4.78 is 15.8. The molecule has 168 valence electrons. The highest BCUT2D eigenvalue weighted by Crippen LogP contribution is 2.38. The zero-order chi connectivity index (χ0) is 22.7. The largest absolute Gasteiger partial charge is 0.454 e. The first kappa shape index (κ1) is 22.0. The van der Waals surface area contributed by atoms with Crippen molar-refractivity contribution in [3.63, 3.8) is 0 Å². The Morgan fingerprint density at radius 3 is 2.81 bits per heavy atom. The summed E-state index contributed by atoms with van der Waals surface area (Å²) in [7, 11) is 1.51. The van der Waals surface area contributed by atoms with E-state index in [0.717, 1.165) is 10.5 Å². The average molecular weight is 458 g/mol. The topological polar surface area (TPSA) is 120 Å². The van der Waals surface area contributed by atoms with Gasteiger partial charge in [0.2, 0.25) is 18.6 Å². The second kappa shape index (κ2) is 9.49. The summed E-state index contributed by atoms with van der Waals surface area (Å²) in [4.78, 5) is 40.0. The number of amides is 3. The monoisotopic (exact) mass is 457 g/mol. The molecule has 3 N–H and O–H groups in total. The van der Waals surface area contributed by atoms with Gasteiger partial charge in [0.1, 0.15) is 6.04 Å². The first-order chi connectivity index (χ1) is 15.5. The number of benzene rings is 2. The van der Waals surface area contributed by atoms with Gasteiger partial charge in [-0.2, -0.15) is 0 Å². The van der Waals surface area contributed by atoms with Crippen molar-refractivity contribution in [2.24, 2.45) is 5.73 Å². The molecule has 32 heavy (non-hydrogen) atoms. The summed E-state index contributed by atoms with van der Waals surface area (Å²) in [6.45, 7) is 0.636. The highest BCUT2D eigenvalue weighted by atomic mass is 32.2. The number of rotatable bonds is 7. The molecule has 0 bridgehead atoms. The predicted octanol–water partition coefficient (Wildman–Crippen LogP) is 1.67. The molecule has 0 aromatic heterocycles. The van der Waals surface area contributed by atoms with Gasteiger partial charge >= 0.3 is 0 Å². The SMILES string of the molecule is COCCC(=O)N[C@H]1CSc2ccc(C(N)=O)cc2N(Cc2ccc3c(c2)OCO3)C1=O. The molecule has 1 atom stereocenters. The van der Waals surface area contributed by atoms with E-state index in [1.807, 2.05) is 12.1 Å². The minimum Gasteiger partial charge on any atom is -0.454 e. The number of thioether (sulfide) groups is 1. The van der Waals surface area contributed by atoms with Crippen LogP contribution in [0.15, 0.2) is 41.3 Å². The van der Waals surface area contributed by atoms with E-state index in [1.54, 1.807) is 29.2 Å². The Hall–Kier alpha value is -3.24. The van der Waals surface area contributed by atoms with Crippen LogP contribution in [0.4, 0.5) is 5.69 Å². The average Bonchev–Trinajstić information content (AvgIpc) is 3.21. The van der Waals surface area contributed by atoms with Crippen LogP contribution in [0.2, 0.25) is 0 Å². The minimum absolute atomic E-state index is 0.151. The number of methoxy groups -OCH3 is 1. The third-order valence-corrected chi connectivity index (χ3v) is 6.31. The maximum absolute atomic E-state index is 13.5. The fraction of sp³-hybridized carbons (Fsp3) is 0.318. The molecule has 0 spiro atoms. The smallest absolute Gasteiger partial charge is 0.250 e. The van der Waals surface area contributed by atoms with E-state index < -0.39 is 11.9 Å². The van der Waals surface area contributed by atoms with Gasteiger partial charge in [-0.1, -0.05) is 6.07 Å². The first-order valence-corrected chi connectivity index (χ1v) is 11.0. The number of ether oxygens (including phenoxy) is 3. The van der Waals surface area contributed by atoms with Gasteiger partial charge < -0.3 is 30.2 Å². The number of fused-ring (bicyclic) bond motifs is 2. The van der Waals surface area contributed by atoms with E-state index in [-0.39, 0.29) is 38.2 Å². The number of anilines is 1. The fourth-order valence-electron chi connectivity index (χ4n) is 3.50. The third-order valence-electron chi connectivity index (χ3n) is 5.15. The van der Waals surface area contributed by atoms with Gasteiger partial charge in [-0.05, 0) is 35.9 Å². The van der Waals surface area contributed by atoms with Crippen molar-refractivity contribution in [3.8, 4) is 11.5 Å². The van der Waals surface area contributed by atoms with Crippen LogP contribution in [0.1, 0.15) is 22.3 Å². The van der Waals surface area contributed by atoms with Gasteiger partial charge in [-0.25, -0.2) is 0 Å². The minimum atomic E-state index is -0.734. The molecule has 2 aliphatic rings. The van der Waals surface area contributed by atoms with Crippen molar-refractivity contribution in [1.82, 2.24) is 5.32 Å². The number of carbonyl (C=O) groups is 3. The summed E-state index contributed by atoms with van der Waals surface area (Å²) in [5.41, 5.74) is 7.16. The lowest BCUT2D eigenvalue weighted by molar-refractivity contribution is -0.127. The molecule has 10 heteroatoms. The second-order valence-electron chi connectivity index (χ2n) is 7.33. The van der Waals surface area contributed by atoms with E-state index in [2.05, 4.69) is 5.32 Å². The van der Waals surface area contributed by atoms with Gasteiger partial charge in [0.05, 0.1) is 18.8 Å². The van der Waals surface area contributed by atoms with Crippen LogP contribution < -0.4 is 25.4 Å². The lowest BCUT2D eigenvalue weighted by atomic mass is 10.1. The van der Waals surface area contributed by atoms with Crippen molar-refractivity contribution >= 4 is 35.2 Å². The molecule has 2 heterocycles. The molecule has 0 radical (unpaired) electrons. The Kier molecular flexibility index (Phi) is 6.52. The van der Waals surface area contributed by atoms with Crippen LogP contribution in [0.25, 0.3) is 0 Å². The molecule has 2 aromatic carbocycles. The van der Waals surface area contributed by atoms with Gasteiger partial charge in [-0.3, -0.25) is 14.4 Å². The van der Waals surface area contributed by atoms with E-state index in [9.17, 15) is 14.4 Å². The Balaban J connectivity index is 1.66. The van der Waals surface area contributed by atoms with Crippen molar-refractivity contribution in [1.29, 1.82) is 0 Å². The van der Waals surface area contributed by atoms with Crippen molar-refractivity contribution in [3.05, 3.63) is 47.5 Å². The molecule has 2 aliphatic heterocycles.